The highest BCUT2D eigenvalue weighted by Crippen LogP contribution is 2.25. The van der Waals surface area contributed by atoms with Crippen LogP contribution in [0.2, 0.25) is 0 Å². The topological polar surface area (TPSA) is 186 Å². The number of aromatic nitrogens is 2. The Morgan fingerprint density at radius 1 is 1.00 bits per heavy atom. The van der Waals surface area contributed by atoms with Gasteiger partial charge in [-0.3, -0.25) is 4.72 Å². The molecule has 0 spiro atoms. The number of benzene rings is 3. The molecule has 0 amide bonds. The highest BCUT2D eigenvalue weighted by molar-refractivity contribution is 7.92. The van der Waals surface area contributed by atoms with Gasteiger partial charge in [-0.15, -0.1) is 0 Å². The molecule has 1 aliphatic heterocycles. The number of piperidine rings is 1. The van der Waals surface area contributed by atoms with E-state index in [0.29, 0.717) is 29.0 Å². The number of carboxylic acid groups (broad SMARTS) is 1. The normalized spacial score (nSPS) is 14.9. The quantitative estimate of drug-likeness (QED) is 0.131. The fraction of sp³-hybridized carbons (Fsp3) is 0.310. The number of nitrogens with one attached hydrogen (secondary N) is 4. The molecule has 1 fully saturated rings. The van der Waals surface area contributed by atoms with E-state index in [9.17, 15) is 23.1 Å². The summed E-state index contributed by atoms with van der Waals surface area (Å²) in [6, 6.07) is 18.2. The fourth-order valence-electron chi connectivity index (χ4n) is 4.86. The number of carboxylic acids is 1. The number of para-hydroxylation sites is 1. The summed E-state index contributed by atoms with van der Waals surface area (Å²) in [6.45, 7) is 1.54. The van der Waals surface area contributed by atoms with E-state index >= 15 is 0 Å². The number of imidazole rings is 1. The van der Waals surface area contributed by atoms with Crippen LogP contribution in [0.3, 0.4) is 0 Å². The van der Waals surface area contributed by atoms with Crippen LogP contribution < -0.4 is 30.1 Å². The minimum Gasteiger partial charge on any atom is -0.489 e. The molecule has 1 aliphatic rings. The number of carbonyl (C=O) groups is 1. The molecule has 1 saturated heterocycles. The fourth-order valence-corrected chi connectivity index (χ4v) is 5.91. The van der Waals surface area contributed by atoms with Gasteiger partial charge >= 0.3 is 11.7 Å². The van der Waals surface area contributed by atoms with E-state index in [1.807, 2.05) is 12.1 Å². The summed E-state index contributed by atoms with van der Waals surface area (Å²) < 4.78 is 38.9. The summed E-state index contributed by atoms with van der Waals surface area (Å²) in [6.07, 6.45) is 1.02. The lowest BCUT2D eigenvalue weighted by atomic mass is 10.0. The van der Waals surface area contributed by atoms with E-state index in [2.05, 4.69) is 24.9 Å². The molecule has 228 valence electrons. The summed E-state index contributed by atoms with van der Waals surface area (Å²) in [5.41, 5.74) is 2.30. The summed E-state index contributed by atoms with van der Waals surface area (Å²) >= 11 is 0. The molecule has 14 heteroatoms. The van der Waals surface area contributed by atoms with Crippen molar-refractivity contribution in [2.75, 3.05) is 42.5 Å². The predicted molar refractivity (Wildman–Crippen MR) is 160 cm³/mol. The summed E-state index contributed by atoms with van der Waals surface area (Å²) in [7, 11) is -3.84. The molecule has 43 heavy (non-hydrogen) atoms. The molecule has 1 aromatic heterocycles. The number of aliphatic hydroxyl groups is 1. The largest absolute Gasteiger partial charge is 0.489 e. The Labute approximate surface area is 247 Å². The molecule has 13 nitrogen and oxygen atoms in total. The number of aliphatic hydroxyl groups excluding tert-OH is 1. The molecule has 1 atom stereocenters. The van der Waals surface area contributed by atoms with Crippen LogP contribution in [-0.4, -0.2) is 79.6 Å². The second kappa shape index (κ2) is 13.2. The zero-order valence-electron chi connectivity index (χ0n) is 23.2. The van der Waals surface area contributed by atoms with Gasteiger partial charge in [-0.05, 0) is 73.5 Å². The summed E-state index contributed by atoms with van der Waals surface area (Å²) in [4.78, 5) is 29.8. The van der Waals surface area contributed by atoms with Crippen LogP contribution in [0.4, 0.5) is 11.4 Å². The van der Waals surface area contributed by atoms with Gasteiger partial charge in [0.25, 0.3) is 10.0 Å². The number of H-pyrrole nitrogens is 2. The van der Waals surface area contributed by atoms with Crippen molar-refractivity contribution in [1.82, 2.24) is 15.3 Å². The third-order valence-corrected chi connectivity index (χ3v) is 8.46. The van der Waals surface area contributed by atoms with E-state index in [-0.39, 0.29) is 29.0 Å². The van der Waals surface area contributed by atoms with Gasteiger partial charge in [0.05, 0.1) is 10.4 Å². The Balaban J connectivity index is 1.05. The number of rotatable bonds is 13. The molecule has 0 saturated carbocycles. The van der Waals surface area contributed by atoms with E-state index in [1.165, 1.54) is 24.3 Å². The average molecular weight is 612 g/mol. The second-order valence-electron chi connectivity index (χ2n) is 10.2. The van der Waals surface area contributed by atoms with Crippen LogP contribution in [-0.2, 0) is 14.8 Å². The highest BCUT2D eigenvalue weighted by atomic mass is 32.2. The van der Waals surface area contributed by atoms with Crippen molar-refractivity contribution < 1.29 is 32.9 Å². The van der Waals surface area contributed by atoms with Gasteiger partial charge in [0.1, 0.15) is 29.7 Å². The third kappa shape index (κ3) is 7.85. The number of aromatic amines is 2. The first-order valence-corrected chi connectivity index (χ1v) is 15.2. The third-order valence-electron chi connectivity index (χ3n) is 7.06. The van der Waals surface area contributed by atoms with Crippen LogP contribution in [0.1, 0.15) is 12.8 Å². The van der Waals surface area contributed by atoms with Crippen molar-refractivity contribution in [2.45, 2.75) is 29.9 Å². The zero-order chi connectivity index (χ0) is 30.4. The zero-order valence-corrected chi connectivity index (χ0v) is 24.0. The summed E-state index contributed by atoms with van der Waals surface area (Å²) in [5.74, 6) is -0.361. The van der Waals surface area contributed by atoms with Gasteiger partial charge in [0.2, 0.25) is 0 Å². The second-order valence-corrected chi connectivity index (χ2v) is 11.9. The number of hydrogen-bond acceptors (Lipinski definition) is 9. The lowest BCUT2D eigenvalue weighted by Crippen LogP contribution is -2.45. The molecule has 3 aromatic carbocycles. The van der Waals surface area contributed by atoms with E-state index in [0.717, 1.165) is 31.6 Å². The Bertz CT molecular complexity index is 1700. The average Bonchev–Trinajstić information content (AvgIpc) is 3.39. The van der Waals surface area contributed by atoms with Gasteiger partial charge in [-0.2, -0.15) is 0 Å². The highest BCUT2D eigenvalue weighted by Gasteiger charge is 2.21. The SMILES string of the molecule is O=C(O)COc1ccc(S(=O)(=O)Nc2ccc(N3CCC(NC[C@H](O)COc4cccc5[nH]c(=O)[nH]c45)CC3)cc2)cc1. The van der Waals surface area contributed by atoms with Crippen molar-refractivity contribution in [2.24, 2.45) is 0 Å². The molecule has 0 aliphatic carbocycles. The number of anilines is 2. The molecule has 0 bridgehead atoms. The predicted octanol–water partition coefficient (Wildman–Crippen LogP) is 2.12. The molecule has 0 unspecified atom stereocenters. The first kappa shape index (κ1) is 29.9. The van der Waals surface area contributed by atoms with Crippen molar-refractivity contribution in [3.8, 4) is 11.5 Å². The van der Waals surface area contributed by atoms with Gasteiger partial charge in [-0.1, -0.05) is 6.07 Å². The Morgan fingerprint density at radius 3 is 2.42 bits per heavy atom. The Morgan fingerprint density at radius 2 is 1.72 bits per heavy atom. The van der Waals surface area contributed by atoms with Gasteiger partial charge in [-0.25, -0.2) is 18.0 Å². The van der Waals surface area contributed by atoms with Crippen LogP contribution in [0.5, 0.6) is 11.5 Å². The lowest BCUT2D eigenvalue weighted by Gasteiger charge is -2.34. The molecule has 6 N–H and O–H groups in total. The lowest BCUT2D eigenvalue weighted by molar-refractivity contribution is -0.139. The van der Waals surface area contributed by atoms with Crippen molar-refractivity contribution in [1.29, 1.82) is 0 Å². The maximum absolute atomic E-state index is 12.8. The van der Waals surface area contributed by atoms with Gasteiger partial charge < -0.3 is 39.9 Å². The van der Waals surface area contributed by atoms with Crippen LogP contribution in [0, 0.1) is 0 Å². The van der Waals surface area contributed by atoms with Crippen LogP contribution in [0.25, 0.3) is 11.0 Å². The molecule has 2 heterocycles. The van der Waals surface area contributed by atoms with E-state index < -0.39 is 28.7 Å². The van der Waals surface area contributed by atoms with Crippen LogP contribution in [0.15, 0.2) is 76.4 Å². The number of nitrogens with zero attached hydrogens (tertiary/aromatic N) is 1. The minimum atomic E-state index is -3.84. The maximum Gasteiger partial charge on any atom is 0.341 e. The van der Waals surface area contributed by atoms with Crippen molar-refractivity contribution >= 4 is 38.4 Å². The molecule has 0 radical (unpaired) electrons. The van der Waals surface area contributed by atoms with E-state index in [4.69, 9.17) is 14.6 Å². The monoisotopic (exact) mass is 611 g/mol. The molecule has 5 rings (SSSR count). The van der Waals surface area contributed by atoms with Crippen molar-refractivity contribution in [3.63, 3.8) is 0 Å². The summed E-state index contributed by atoms with van der Waals surface area (Å²) in [5, 5.41) is 22.5. The number of sulfonamides is 1. The Kier molecular flexibility index (Phi) is 9.19. The molecule has 4 aromatic rings. The number of hydrogen-bond donors (Lipinski definition) is 6. The maximum atomic E-state index is 12.8. The van der Waals surface area contributed by atoms with Crippen LogP contribution >= 0.6 is 0 Å². The van der Waals surface area contributed by atoms with Gasteiger partial charge in [0, 0.05) is 37.1 Å². The van der Waals surface area contributed by atoms with Crippen molar-refractivity contribution in [3.05, 3.63) is 77.2 Å². The first-order chi connectivity index (χ1) is 20.7. The smallest absolute Gasteiger partial charge is 0.341 e. The number of ether oxygens (including phenoxy) is 2. The Hall–Kier alpha value is -4.53. The standard InChI is InChI=1S/C29H33N5O8S/c35-22(17-42-26-3-1-2-25-28(26)32-29(38)31-25)16-30-19-12-14-34(15-13-19)21-6-4-20(5-7-21)33-43(39,40)24-10-8-23(9-11-24)41-18-27(36)37/h1-11,19,22,30,33,35H,12-18H2,(H,36,37)(H2,31,32,38)/t22-/m0/s1. The minimum absolute atomic E-state index is 0.0277. The van der Waals surface area contributed by atoms with Gasteiger partial charge in [0.15, 0.2) is 6.61 Å². The molecular formula is C29H33N5O8S. The first-order valence-electron chi connectivity index (χ1n) is 13.7. The molecular weight excluding hydrogens is 578 g/mol. The number of aliphatic carboxylic acids is 1. The van der Waals surface area contributed by atoms with E-state index in [1.54, 1.807) is 30.3 Å². The number of fused-ring (bicyclic) bond motifs is 1.